The predicted octanol–water partition coefficient (Wildman–Crippen LogP) is 4.00. The van der Waals surface area contributed by atoms with Crippen molar-refractivity contribution in [2.24, 2.45) is 10.2 Å². The van der Waals surface area contributed by atoms with Crippen molar-refractivity contribution in [2.45, 2.75) is 39.5 Å². The molecule has 8 heteroatoms. The molecule has 3 heterocycles. The molecular formula is C25H35N5O3. The van der Waals surface area contributed by atoms with Gasteiger partial charge in [0.1, 0.15) is 6.61 Å². The van der Waals surface area contributed by atoms with Crippen molar-refractivity contribution in [1.29, 1.82) is 0 Å². The van der Waals surface area contributed by atoms with Crippen LogP contribution in [0.15, 0.2) is 46.6 Å². The number of morpholine rings is 2. The molecule has 2 unspecified atom stereocenters. The van der Waals surface area contributed by atoms with Gasteiger partial charge in [-0.3, -0.25) is 4.90 Å². The molecule has 2 atom stereocenters. The Labute approximate surface area is 196 Å². The highest BCUT2D eigenvalue weighted by Crippen LogP contribution is 2.26. The molecular weight excluding hydrogens is 418 g/mol. The Bertz CT molecular complexity index is 922. The molecule has 0 bridgehead atoms. The van der Waals surface area contributed by atoms with Crippen molar-refractivity contribution in [3.63, 3.8) is 0 Å². The number of nitrogens with zero attached hydrogens (tertiary/aromatic N) is 5. The summed E-state index contributed by atoms with van der Waals surface area (Å²) in [5.41, 5.74) is 3.39. The molecule has 2 aromatic rings. The Morgan fingerprint density at radius 3 is 2.64 bits per heavy atom. The molecule has 2 fully saturated rings. The van der Waals surface area contributed by atoms with Crippen molar-refractivity contribution in [3.8, 4) is 5.88 Å². The highest BCUT2D eigenvalue weighted by molar-refractivity contribution is 5.55. The maximum Gasteiger partial charge on any atom is 0.217 e. The average molecular weight is 454 g/mol. The fourth-order valence-corrected chi connectivity index (χ4v) is 4.35. The van der Waals surface area contributed by atoms with Crippen molar-refractivity contribution >= 4 is 11.5 Å². The molecule has 0 saturated carbocycles. The van der Waals surface area contributed by atoms with Gasteiger partial charge in [0, 0.05) is 50.5 Å². The molecule has 8 nitrogen and oxygen atoms in total. The number of rotatable bonds is 8. The molecule has 2 saturated heterocycles. The van der Waals surface area contributed by atoms with Gasteiger partial charge in [0.2, 0.25) is 5.88 Å². The van der Waals surface area contributed by atoms with Crippen LogP contribution >= 0.6 is 0 Å². The van der Waals surface area contributed by atoms with E-state index in [1.807, 2.05) is 18.2 Å². The third-order valence-electron chi connectivity index (χ3n) is 5.81. The molecule has 0 amide bonds. The van der Waals surface area contributed by atoms with Crippen molar-refractivity contribution < 1.29 is 14.2 Å². The van der Waals surface area contributed by atoms with E-state index in [-0.39, 0.29) is 12.2 Å². The van der Waals surface area contributed by atoms with Gasteiger partial charge in [0.15, 0.2) is 5.82 Å². The van der Waals surface area contributed by atoms with E-state index < -0.39 is 0 Å². The van der Waals surface area contributed by atoms with Gasteiger partial charge in [0.25, 0.3) is 0 Å². The Morgan fingerprint density at radius 2 is 1.88 bits per heavy atom. The van der Waals surface area contributed by atoms with Crippen LogP contribution in [-0.2, 0) is 16.0 Å². The normalized spacial score (nSPS) is 22.1. The minimum atomic E-state index is 0.247. The lowest BCUT2D eigenvalue weighted by molar-refractivity contribution is -0.0700. The van der Waals surface area contributed by atoms with Crippen LogP contribution in [0.3, 0.4) is 0 Å². The number of anilines is 1. The smallest absolute Gasteiger partial charge is 0.217 e. The van der Waals surface area contributed by atoms with E-state index >= 15 is 0 Å². The first-order valence-corrected chi connectivity index (χ1v) is 11.8. The largest absolute Gasteiger partial charge is 0.476 e. The second-order valence-corrected chi connectivity index (χ2v) is 8.88. The molecule has 178 valence electrons. The van der Waals surface area contributed by atoms with Crippen molar-refractivity contribution in [2.75, 3.05) is 57.4 Å². The van der Waals surface area contributed by atoms with E-state index in [2.05, 4.69) is 64.0 Å². The summed E-state index contributed by atoms with van der Waals surface area (Å²) >= 11 is 0. The number of hydrogen-bond donors (Lipinski definition) is 0. The van der Waals surface area contributed by atoms with Gasteiger partial charge < -0.3 is 19.1 Å². The second-order valence-electron chi connectivity index (χ2n) is 8.88. The zero-order valence-electron chi connectivity index (χ0n) is 19.9. The van der Waals surface area contributed by atoms with Gasteiger partial charge in [-0.05, 0) is 26.3 Å². The monoisotopic (exact) mass is 453 g/mol. The summed E-state index contributed by atoms with van der Waals surface area (Å²) < 4.78 is 17.4. The molecule has 0 spiro atoms. The Balaban J connectivity index is 1.42. The van der Waals surface area contributed by atoms with Crippen LogP contribution in [0.4, 0.5) is 11.5 Å². The second kappa shape index (κ2) is 11.5. The number of pyridine rings is 1. The third kappa shape index (κ3) is 7.22. The molecule has 1 aromatic carbocycles. The molecule has 0 radical (unpaired) electrons. The van der Waals surface area contributed by atoms with Crippen molar-refractivity contribution in [1.82, 2.24) is 9.88 Å². The number of aryl methyl sites for hydroxylation is 1. The van der Waals surface area contributed by atoms with Crippen LogP contribution in [0.25, 0.3) is 0 Å². The molecule has 1 aromatic heterocycles. The van der Waals surface area contributed by atoms with E-state index in [0.717, 1.165) is 57.2 Å². The molecule has 0 aliphatic carbocycles. The van der Waals surface area contributed by atoms with Gasteiger partial charge >= 0.3 is 0 Å². The van der Waals surface area contributed by atoms with E-state index in [1.165, 1.54) is 5.56 Å². The van der Waals surface area contributed by atoms with Crippen LogP contribution < -0.4 is 9.64 Å². The van der Waals surface area contributed by atoms with Crippen molar-refractivity contribution in [3.05, 3.63) is 47.5 Å². The molecule has 2 aliphatic heterocycles. The van der Waals surface area contributed by atoms with Gasteiger partial charge in [-0.25, -0.2) is 0 Å². The lowest BCUT2D eigenvalue weighted by Gasteiger charge is -2.35. The number of ether oxygens (including phenoxy) is 3. The number of benzene rings is 1. The number of azo groups is 1. The average Bonchev–Trinajstić information content (AvgIpc) is 2.79. The van der Waals surface area contributed by atoms with E-state index in [4.69, 9.17) is 14.2 Å². The number of hydrogen-bond acceptors (Lipinski definition) is 8. The summed E-state index contributed by atoms with van der Waals surface area (Å²) in [5.74, 6) is 1.15. The molecule has 33 heavy (non-hydrogen) atoms. The van der Waals surface area contributed by atoms with Crippen LogP contribution in [0.2, 0.25) is 0 Å². The maximum absolute atomic E-state index is 6.08. The zero-order chi connectivity index (χ0) is 23.0. The highest BCUT2D eigenvalue weighted by Gasteiger charge is 2.22. The lowest BCUT2D eigenvalue weighted by Crippen LogP contribution is -2.46. The van der Waals surface area contributed by atoms with Gasteiger partial charge in [-0.2, -0.15) is 10.1 Å². The van der Waals surface area contributed by atoms with Crippen LogP contribution in [-0.4, -0.2) is 74.6 Å². The fourth-order valence-electron chi connectivity index (χ4n) is 4.35. The minimum absolute atomic E-state index is 0.247. The van der Waals surface area contributed by atoms with Crippen LogP contribution in [0.1, 0.15) is 25.0 Å². The highest BCUT2D eigenvalue weighted by atomic mass is 16.5. The van der Waals surface area contributed by atoms with Crippen LogP contribution in [0.5, 0.6) is 5.88 Å². The number of aromatic nitrogens is 1. The topological polar surface area (TPSA) is 71.8 Å². The summed E-state index contributed by atoms with van der Waals surface area (Å²) in [6, 6.07) is 12.3. The summed E-state index contributed by atoms with van der Waals surface area (Å²) in [5, 5.41) is 8.81. The zero-order valence-corrected chi connectivity index (χ0v) is 19.9. The SMILES string of the molecule is Cc1cccc(CN=Nc2cc(N3CCOCC3)cc(OCCN3CC(C)OC(C)C3)n2)c1. The molecule has 0 N–H and O–H groups in total. The Morgan fingerprint density at radius 1 is 1.09 bits per heavy atom. The van der Waals surface area contributed by atoms with E-state index in [0.29, 0.717) is 24.8 Å². The Kier molecular flexibility index (Phi) is 8.25. The maximum atomic E-state index is 6.08. The van der Waals surface area contributed by atoms with Gasteiger partial charge in [-0.1, -0.05) is 29.8 Å². The summed E-state index contributed by atoms with van der Waals surface area (Å²) in [4.78, 5) is 9.27. The predicted molar refractivity (Wildman–Crippen MR) is 129 cm³/mol. The standard InChI is InChI=1S/C25H35N5O3/c1-19-5-4-6-22(13-19)16-26-28-24-14-23(30-8-10-31-11-9-30)15-25(27-24)32-12-7-29-17-20(2)33-21(3)18-29/h4-6,13-15,20-21H,7-12,16-18H2,1-3H3. The summed E-state index contributed by atoms with van der Waals surface area (Å²) in [7, 11) is 0. The summed E-state index contributed by atoms with van der Waals surface area (Å²) in [6.45, 7) is 13.2. The molecule has 2 aliphatic rings. The van der Waals surface area contributed by atoms with E-state index in [9.17, 15) is 0 Å². The Hall–Kier alpha value is -2.55. The molecule has 4 rings (SSSR count). The quantitative estimate of drug-likeness (QED) is 0.563. The minimum Gasteiger partial charge on any atom is -0.476 e. The van der Waals surface area contributed by atoms with Crippen LogP contribution in [0, 0.1) is 6.92 Å². The summed E-state index contributed by atoms with van der Waals surface area (Å²) in [6.07, 6.45) is 0.494. The van der Waals surface area contributed by atoms with Gasteiger partial charge in [0.05, 0.1) is 32.0 Å². The lowest BCUT2D eigenvalue weighted by atomic mass is 10.1. The first kappa shape index (κ1) is 23.6. The van der Waals surface area contributed by atoms with Gasteiger partial charge in [-0.15, -0.1) is 5.11 Å². The third-order valence-corrected chi connectivity index (χ3v) is 5.81. The first-order valence-electron chi connectivity index (χ1n) is 11.8. The fraction of sp³-hybridized carbons (Fsp3) is 0.560. The first-order chi connectivity index (χ1) is 16.0. The van der Waals surface area contributed by atoms with E-state index in [1.54, 1.807) is 0 Å².